The summed E-state index contributed by atoms with van der Waals surface area (Å²) >= 11 is 0. The van der Waals surface area contributed by atoms with Gasteiger partial charge in [-0.3, -0.25) is 9.80 Å². The fourth-order valence-electron chi connectivity index (χ4n) is 5.49. The topological polar surface area (TPSA) is 165 Å². The van der Waals surface area contributed by atoms with Crippen LogP contribution in [0.5, 0.6) is 0 Å². The van der Waals surface area contributed by atoms with Gasteiger partial charge in [0, 0.05) is 24.3 Å². The number of rotatable bonds is 8. The molecule has 0 atom stereocenters. The minimum Gasteiger partial charge on any atom is -0.444 e. The first-order chi connectivity index (χ1) is 21.2. The summed E-state index contributed by atoms with van der Waals surface area (Å²) in [5.41, 5.74) is 13.5. The highest BCUT2D eigenvalue weighted by atomic mass is 16.6. The third kappa shape index (κ3) is 8.06. The van der Waals surface area contributed by atoms with Gasteiger partial charge in [-0.15, -0.1) is 0 Å². The SMILES string of the molecule is CCCOCn1nc(N)c2c1C(C)(C)N(C(=O)OC(C)(C)C)C2.CCCOCn1nc2c(c1N)CN(C(=O)OC(C)(C)C)C2(C)C. The molecule has 0 fully saturated rings. The molecule has 2 aromatic rings. The molecule has 0 aromatic carbocycles. The van der Waals surface area contributed by atoms with Crippen LogP contribution in [0.25, 0.3) is 0 Å². The number of ether oxygens (including phenoxy) is 4. The summed E-state index contributed by atoms with van der Waals surface area (Å²) in [4.78, 5) is 28.3. The number of nitrogen functional groups attached to an aromatic ring is 2. The summed E-state index contributed by atoms with van der Waals surface area (Å²) in [6.07, 6.45) is 1.18. The second-order valence-electron chi connectivity index (χ2n) is 14.7. The van der Waals surface area contributed by atoms with E-state index in [4.69, 9.17) is 30.4 Å². The van der Waals surface area contributed by atoms with E-state index in [1.165, 1.54) is 0 Å². The van der Waals surface area contributed by atoms with Crippen molar-refractivity contribution in [1.82, 2.24) is 29.4 Å². The molecule has 14 heteroatoms. The van der Waals surface area contributed by atoms with Gasteiger partial charge in [0.25, 0.3) is 0 Å². The molecule has 2 aromatic heterocycles. The average Bonchev–Trinajstić information content (AvgIpc) is 3.57. The molecule has 0 bridgehead atoms. The Morgan fingerprint density at radius 1 is 0.739 bits per heavy atom. The second kappa shape index (κ2) is 13.7. The van der Waals surface area contributed by atoms with E-state index in [2.05, 4.69) is 17.1 Å². The summed E-state index contributed by atoms with van der Waals surface area (Å²) in [7, 11) is 0. The number of hydrogen-bond acceptors (Lipinski definition) is 10. The van der Waals surface area contributed by atoms with E-state index >= 15 is 0 Å². The van der Waals surface area contributed by atoms with Crippen LogP contribution in [0.15, 0.2) is 0 Å². The summed E-state index contributed by atoms with van der Waals surface area (Å²) in [5, 5.41) is 8.92. The molecule has 0 spiro atoms. The van der Waals surface area contributed by atoms with Gasteiger partial charge in [-0.25, -0.2) is 19.0 Å². The summed E-state index contributed by atoms with van der Waals surface area (Å²) < 4.78 is 25.5. The summed E-state index contributed by atoms with van der Waals surface area (Å²) in [6, 6.07) is 0. The molecular formula is C32H56N8O6. The Morgan fingerprint density at radius 3 is 1.65 bits per heavy atom. The number of amides is 2. The van der Waals surface area contributed by atoms with Gasteiger partial charge in [-0.05, 0) is 82.1 Å². The molecule has 0 aliphatic carbocycles. The molecule has 2 amide bonds. The third-order valence-corrected chi connectivity index (χ3v) is 7.67. The zero-order valence-electron chi connectivity index (χ0n) is 29.9. The van der Waals surface area contributed by atoms with Gasteiger partial charge in [0.15, 0.2) is 5.82 Å². The van der Waals surface area contributed by atoms with Crippen molar-refractivity contribution < 1.29 is 28.5 Å². The maximum Gasteiger partial charge on any atom is 0.411 e. The molecule has 2 aliphatic heterocycles. The Hall–Kier alpha value is -3.52. The van der Waals surface area contributed by atoms with Crippen molar-refractivity contribution in [2.24, 2.45) is 0 Å². The maximum atomic E-state index is 12.5. The molecule has 14 nitrogen and oxygen atoms in total. The van der Waals surface area contributed by atoms with Gasteiger partial charge >= 0.3 is 12.2 Å². The van der Waals surface area contributed by atoms with Gasteiger partial charge < -0.3 is 30.4 Å². The van der Waals surface area contributed by atoms with Gasteiger partial charge in [-0.1, -0.05) is 13.8 Å². The Balaban J connectivity index is 0.000000250. The number of fused-ring (bicyclic) bond motifs is 2. The monoisotopic (exact) mass is 648 g/mol. The Morgan fingerprint density at radius 2 is 1.20 bits per heavy atom. The number of anilines is 2. The summed E-state index contributed by atoms with van der Waals surface area (Å²) in [6.45, 7) is 25.9. The predicted molar refractivity (Wildman–Crippen MR) is 175 cm³/mol. The minimum absolute atomic E-state index is 0.329. The van der Waals surface area contributed by atoms with Crippen molar-refractivity contribution in [2.45, 2.75) is 145 Å². The zero-order chi connectivity index (χ0) is 34.8. The summed E-state index contributed by atoms with van der Waals surface area (Å²) in [5.74, 6) is 0.995. The Labute approximate surface area is 273 Å². The smallest absolute Gasteiger partial charge is 0.411 e. The highest BCUT2D eigenvalue weighted by Crippen LogP contribution is 2.43. The van der Waals surface area contributed by atoms with Gasteiger partial charge in [0.05, 0.1) is 35.6 Å². The molecule has 4 rings (SSSR count). The number of hydrogen-bond donors (Lipinski definition) is 2. The molecule has 4 N–H and O–H groups in total. The van der Waals surface area contributed by atoms with Gasteiger partial charge in [-0.2, -0.15) is 10.2 Å². The lowest BCUT2D eigenvalue weighted by Gasteiger charge is -2.34. The fraction of sp³-hybridized carbons (Fsp3) is 0.750. The van der Waals surface area contributed by atoms with E-state index in [0.717, 1.165) is 35.4 Å². The highest BCUT2D eigenvalue weighted by Gasteiger charge is 2.47. The number of nitrogens with zero attached hydrogens (tertiary/aromatic N) is 6. The van der Waals surface area contributed by atoms with E-state index < -0.39 is 22.3 Å². The van der Waals surface area contributed by atoms with Crippen LogP contribution in [0.4, 0.5) is 21.2 Å². The van der Waals surface area contributed by atoms with E-state index in [1.807, 2.05) is 76.2 Å². The van der Waals surface area contributed by atoms with E-state index in [9.17, 15) is 9.59 Å². The van der Waals surface area contributed by atoms with Crippen LogP contribution < -0.4 is 11.5 Å². The van der Waals surface area contributed by atoms with Crippen LogP contribution in [0, 0.1) is 0 Å². The highest BCUT2D eigenvalue weighted by molar-refractivity contribution is 5.72. The molecule has 46 heavy (non-hydrogen) atoms. The fourth-order valence-corrected chi connectivity index (χ4v) is 5.49. The predicted octanol–water partition coefficient (Wildman–Crippen LogP) is 5.67. The maximum absolute atomic E-state index is 12.5. The van der Waals surface area contributed by atoms with Crippen LogP contribution in [0.3, 0.4) is 0 Å². The van der Waals surface area contributed by atoms with Crippen molar-refractivity contribution in [1.29, 1.82) is 0 Å². The molecule has 0 saturated carbocycles. The second-order valence-corrected chi connectivity index (χ2v) is 14.7. The number of carbonyl (C=O) groups excluding carboxylic acids is 2. The quantitative estimate of drug-likeness (QED) is 0.341. The van der Waals surface area contributed by atoms with Gasteiger partial charge in [0.2, 0.25) is 0 Å². The molecule has 0 radical (unpaired) electrons. The van der Waals surface area contributed by atoms with E-state index in [0.29, 0.717) is 51.4 Å². The third-order valence-electron chi connectivity index (χ3n) is 7.67. The number of carbonyl (C=O) groups is 2. The molecule has 4 heterocycles. The first kappa shape index (κ1) is 36.9. The lowest BCUT2D eigenvalue weighted by Crippen LogP contribution is -2.44. The standard InChI is InChI=1S/2C16H28N4O3/c1-7-8-22-10-20-12-11(13(17)18-20)9-19(16(12,5)6)14(21)23-15(2,3)4;1-7-8-22-10-20-13(17)11-9-19(14(21)23-15(2,3)4)16(5,6)12(11)18-20/h7-10H2,1-6H3,(H2,17,18);7-10,17H2,1-6H3. The van der Waals surface area contributed by atoms with Gasteiger partial charge in [0.1, 0.15) is 30.5 Å². The normalized spacial score (nSPS) is 16.5. The van der Waals surface area contributed by atoms with Crippen LogP contribution in [0.1, 0.15) is 118 Å². The van der Waals surface area contributed by atoms with E-state index in [-0.39, 0.29) is 12.2 Å². The molecule has 0 unspecified atom stereocenters. The minimum atomic E-state index is -0.568. The molecule has 2 aliphatic rings. The van der Waals surface area contributed by atoms with Crippen molar-refractivity contribution in [3.63, 3.8) is 0 Å². The van der Waals surface area contributed by atoms with Crippen molar-refractivity contribution in [3.05, 3.63) is 22.5 Å². The largest absolute Gasteiger partial charge is 0.444 e. The van der Waals surface area contributed by atoms with Crippen molar-refractivity contribution in [2.75, 3.05) is 24.7 Å². The molecule has 0 saturated heterocycles. The first-order valence-corrected chi connectivity index (χ1v) is 16.0. The van der Waals surface area contributed by atoms with E-state index in [1.54, 1.807) is 19.2 Å². The zero-order valence-corrected chi connectivity index (χ0v) is 29.9. The lowest BCUT2D eigenvalue weighted by molar-refractivity contribution is 0.00133. The Kier molecular flexibility index (Phi) is 11.0. The van der Waals surface area contributed by atoms with Crippen molar-refractivity contribution in [3.8, 4) is 0 Å². The molecular weight excluding hydrogens is 592 g/mol. The van der Waals surface area contributed by atoms with Crippen LogP contribution in [-0.4, -0.2) is 66.0 Å². The number of nitrogens with two attached hydrogens (primary N) is 2. The Bertz CT molecular complexity index is 1380. The van der Waals surface area contributed by atoms with Crippen molar-refractivity contribution >= 4 is 23.8 Å². The lowest BCUT2D eigenvalue weighted by atomic mass is 10.0. The average molecular weight is 649 g/mol. The van der Waals surface area contributed by atoms with Crippen LogP contribution >= 0.6 is 0 Å². The van der Waals surface area contributed by atoms with Crippen LogP contribution in [0.2, 0.25) is 0 Å². The first-order valence-electron chi connectivity index (χ1n) is 16.0. The molecule has 260 valence electrons. The number of aromatic nitrogens is 4. The van der Waals surface area contributed by atoms with Crippen LogP contribution in [-0.2, 0) is 56.6 Å².